The van der Waals surface area contributed by atoms with E-state index in [2.05, 4.69) is 42.6 Å². The molecule has 1 aliphatic rings. The third-order valence-electron chi connectivity index (χ3n) is 4.11. The van der Waals surface area contributed by atoms with Gasteiger partial charge < -0.3 is 5.43 Å². The van der Waals surface area contributed by atoms with Crippen molar-refractivity contribution in [2.75, 3.05) is 0 Å². The number of nitro benzene ring substituents is 1. The maximum Gasteiger partial charge on any atom is 0.272 e. The van der Waals surface area contributed by atoms with Crippen LogP contribution < -0.4 is 5.43 Å². The van der Waals surface area contributed by atoms with Crippen molar-refractivity contribution >= 4 is 11.4 Å². The van der Waals surface area contributed by atoms with Gasteiger partial charge in [-0.15, -0.1) is 0 Å². The van der Waals surface area contributed by atoms with Gasteiger partial charge in [0.2, 0.25) is 0 Å². The Hall–Kier alpha value is -2.69. The Kier molecular flexibility index (Phi) is 3.86. The van der Waals surface area contributed by atoms with Crippen LogP contribution in [0.3, 0.4) is 0 Å². The second kappa shape index (κ2) is 5.83. The minimum atomic E-state index is -0.355. The molecular formula is C18H19N3O2. The van der Waals surface area contributed by atoms with Gasteiger partial charge in [-0.1, -0.05) is 17.7 Å². The lowest BCUT2D eigenvalue weighted by Crippen LogP contribution is -2.21. The summed E-state index contributed by atoms with van der Waals surface area (Å²) in [7, 11) is 0. The van der Waals surface area contributed by atoms with E-state index < -0.39 is 0 Å². The molecule has 3 rings (SSSR count). The van der Waals surface area contributed by atoms with E-state index >= 15 is 0 Å². The molecule has 5 heteroatoms. The summed E-state index contributed by atoms with van der Waals surface area (Å²) in [5, 5.41) is 15.6. The summed E-state index contributed by atoms with van der Waals surface area (Å²) in [6.45, 7) is 5.91. The fraction of sp³-hybridized carbons (Fsp3) is 0.278. The lowest BCUT2D eigenvalue weighted by molar-refractivity contribution is -0.385. The number of benzene rings is 2. The predicted molar refractivity (Wildman–Crippen MR) is 91.0 cm³/mol. The molecular weight excluding hydrogens is 290 g/mol. The third kappa shape index (κ3) is 2.95. The van der Waals surface area contributed by atoms with Gasteiger partial charge in [-0.3, -0.25) is 10.1 Å². The summed E-state index contributed by atoms with van der Waals surface area (Å²) in [6.07, 6.45) is 0.897. The maximum atomic E-state index is 11.0. The van der Waals surface area contributed by atoms with Crippen molar-refractivity contribution in [1.82, 2.24) is 5.43 Å². The summed E-state index contributed by atoms with van der Waals surface area (Å²) in [5.74, 6) is 0. The maximum absolute atomic E-state index is 11.0. The topological polar surface area (TPSA) is 67.5 Å². The first-order valence-corrected chi connectivity index (χ1v) is 7.64. The summed E-state index contributed by atoms with van der Waals surface area (Å²) >= 11 is 0. The highest BCUT2D eigenvalue weighted by Crippen LogP contribution is 2.24. The van der Waals surface area contributed by atoms with Gasteiger partial charge in [-0.2, -0.15) is 5.10 Å². The molecule has 118 valence electrons. The zero-order valence-electron chi connectivity index (χ0n) is 13.5. The Morgan fingerprint density at radius 3 is 2.70 bits per heavy atom. The van der Waals surface area contributed by atoms with Gasteiger partial charge >= 0.3 is 0 Å². The molecule has 2 aromatic carbocycles. The molecule has 0 fully saturated rings. The van der Waals surface area contributed by atoms with Gasteiger partial charge in [0.05, 0.1) is 10.6 Å². The second-order valence-corrected chi connectivity index (χ2v) is 6.11. The summed E-state index contributed by atoms with van der Waals surface area (Å²) in [4.78, 5) is 10.7. The lowest BCUT2D eigenvalue weighted by atomic mass is 9.92. The Morgan fingerprint density at radius 2 is 2.00 bits per heavy atom. The molecule has 23 heavy (non-hydrogen) atoms. The van der Waals surface area contributed by atoms with Crippen LogP contribution in [0.5, 0.6) is 0 Å². The Morgan fingerprint density at radius 1 is 1.22 bits per heavy atom. The van der Waals surface area contributed by atoms with E-state index in [-0.39, 0.29) is 16.7 Å². The van der Waals surface area contributed by atoms with E-state index in [0.29, 0.717) is 5.56 Å². The zero-order chi connectivity index (χ0) is 16.6. The summed E-state index contributed by atoms with van der Waals surface area (Å²) in [6, 6.07) is 11.8. The first-order valence-electron chi connectivity index (χ1n) is 7.64. The van der Waals surface area contributed by atoms with Crippen molar-refractivity contribution in [2.24, 2.45) is 5.10 Å². The van der Waals surface area contributed by atoms with E-state index in [9.17, 15) is 10.1 Å². The molecule has 0 saturated carbocycles. The van der Waals surface area contributed by atoms with Gasteiger partial charge in [0.15, 0.2) is 0 Å². The van der Waals surface area contributed by atoms with Crippen molar-refractivity contribution in [2.45, 2.75) is 33.2 Å². The number of fused-ring (bicyclic) bond motifs is 1. The van der Waals surface area contributed by atoms with Crippen LogP contribution >= 0.6 is 0 Å². The predicted octanol–water partition coefficient (Wildman–Crippen LogP) is 3.50. The molecule has 1 unspecified atom stereocenters. The molecule has 0 aliphatic carbocycles. The van der Waals surface area contributed by atoms with E-state index in [1.165, 1.54) is 11.1 Å². The van der Waals surface area contributed by atoms with Crippen LogP contribution in [0.15, 0.2) is 41.5 Å². The van der Waals surface area contributed by atoms with Crippen LogP contribution in [0.25, 0.3) is 0 Å². The van der Waals surface area contributed by atoms with Crippen LogP contribution in [-0.4, -0.2) is 16.7 Å². The van der Waals surface area contributed by atoms with Crippen molar-refractivity contribution in [3.63, 3.8) is 0 Å². The molecule has 1 aliphatic heterocycles. The molecule has 5 nitrogen and oxygen atoms in total. The highest BCUT2D eigenvalue weighted by Gasteiger charge is 2.20. The van der Waals surface area contributed by atoms with Crippen molar-refractivity contribution in [1.29, 1.82) is 0 Å². The average molecular weight is 309 g/mol. The first-order chi connectivity index (χ1) is 11.0. The molecule has 0 radical (unpaired) electrons. The number of nitro groups is 1. The van der Waals surface area contributed by atoms with Crippen molar-refractivity contribution in [3.8, 4) is 0 Å². The Labute approximate surface area is 135 Å². The first kappa shape index (κ1) is 15.2. The number of nitrogens with zero attached hydrogens (tertiary/aromatic N) is 2. The highest BCUT2D eigenvalue weighted by molar-refractivity contribution is 6.14. The van der Waals surface area contributed by atoms with Crippen molar-refractivity contribution in [3.05, 3.63) is 74.3 Å². The number of hydrazone groups is 1. The molecule has 0 spiro atoms. The van der Waals surface area contributed by atoms with Crippen LogP contribution in [0.2, 0.25) is 0 Å². The van der Waals surface area contributed by atoms with Gasteiger partial charge in [-0.05, 0) is 51.0 Å². The Balaban J connectivity index is 2.14. The molecule has 1 heterocycles. The molecule has 1 N–H and O–H groups in total. The monoisotopic (exact) mass is 309 g/mol. The number of nitrogens with one attached hydrogen (secondary N) is 1. The van der Waals surface area contributed by atoms with Crippen LogP contribution in [0, 0.1) is 24.0 Å². The van der Waals surface area contributed by atoms with Gasteiger partial charge in [0.25, 0.3) is 5.69 Å². The number of hydrogen-bond donors (Lipinski definition) is 1. The molecule has 0 bridgehead atoms. The van der Waals surface area contributed by atoms with Crippen LogP contribution in [0.1, 0.15) is 34.7 Å². The normalized spacial score (nSPS) is 16.8. The van der Waals surface area contributed by atoms with E-state index in [1.54, 1.807) is 19.1 Å². The minimum Gasteiger partial charge on any atom is -0.306 e. The quantitative estimate of drug-likeness (QED) is 0.682. The average Bonchev–Trinajstić information content (AvgIpc) is 2.65. The smallest absolute Gasteiger partial charge is 0.272 e. The molecule has 0 aromatic heterocycles. The number of aryl methyl sites for hydroxylation is 2. The number of hydrogen-bond acceptors (Lipinski definition) is 4. The molecule has 0 saturated heterocycles. The van der Waals surface area contributed by atoms with Crippen molar-refractivity contribution < 1.29 is 4.92 Å². The fourth-order valence-electron chi connectivity index (χ4n) is 2.93. The van der Waals surface area contributed by atoms with Gasteiger partial charge in [0, 0.05) is 28.8 Å². The summed E-state index contributed by atoms with van der Waals surface area (Å²) in [5.41, 5.74) is 9.18. The lowest BCUT2D eigenvalue weighted by Gasteiger charge is -2.11. The fourth-order valence-corrected chi connectivity index (χ4v) is 2.93. The number of rotatable bonds is 2. The van der Waals surface area contributed by atoms with Gasteiger partial charge in [-0.25, -0.2) is 0 Å². The van der Waals surface area contributed by atoms with Crippen LogP contribution in [-0.2, 0) is 6.42 Å². The summed E-state index contributed by atoms with van der Waals surface area (Å²) < 4.78 is 0. The van der Waals surface area contributed by atoms with E-state index in [1.807, 2.05) is 6.07 Å². The van der Waals surface area contributed by atoms with E-state index in [4.69, 9.17) is 0 Å². The van der Waals surface area contributed by atoms with Gasteiger partial charge in [0.1, 0.15) is 0 Å². The third-order valence-corrected chi connectivity index (χ3v) is 4.11. The largest absolute Gasteiger partial charge is 0.306 e. The SMILES string of the molecule is Cc1ccc2c(c1)C(c1ccc([N+](=O)[O-])c(C)c1)=NNC(C)C2. The molecule has 2 aromatic rings. The minimum absolute atomic E-state index is 0.133. The zero-order valence-corrected chi connectivity index (χ0v) is 13.5. The van der Waals surface area contributed by atoms with Crippen LogP contribution in [0.4, 0.5) is 5.69 Å². The highest BCUT2D eigenvalue weighted by atomic mass is 16.6. The second-order valence-electron chi connectivity index (χ2n) is 6.11. The molecule has 0 amide bonds. The standard InChI is InChI=1S/C18H19N3O2/c1-11-4-5-14-10-13(3)19-20-18(16(14)8-11)15-6-7-17(21(22)23)12(2)9-15/h4-9,13,19H,10H2,1-3H3. The molecule has 1 atom stereocenters. The Bertz CT molecular complexity index is 812. The van der Waals surface area contributed by atoms with E-state index in [0.717, 1.165) is 23.3 Å².